The fraction of sp³-hybridized carbons (Fsp3) is 0.240. The zero-order valence-corrected chi connectivity index (χ0v) is 17.9. The Hall–Kier alpha value is -3.71. The Kier molecular flexibility index (Phi) is 5.56. The van der Waals surface area contributed by atoms with Gasteiger partial charge in [0.25, 0.3) is 0 Å². The Labute approximate surface area is 186 Å². The van der Waals surface area contributed by atoms with Gasteiger partial charge in [-0.05, 0) is 51.2 Å². The summed E-state index contributed by atoms with van der Waals surface area (Å²) in [4.78, 5) is 2.39. The molecule has 1 N–H and O–H groups in total. The van der Waals surface area contributed by atoms with Crippen LogP contribution in [-0.2, 0) is 19.5 Å². The van der Waals surface area contributed by atoms with Gasteiger partial charge in [-0.2, -0.15) is 0 Å². The summed E-state index contributed by atoms with van der Waals surface area (Å²) in [5, 5.41) is 22.9. The Morgan fingerprint density at radius 2 is 1.78 bits per heavy atom. The van der Waals surface area contributed by atoms with Crippen molar-refractivity contribution in [1.29, 1.82) is 0 Å². The molecule has 1 aliphatic rings. The van der Waals surface area contributed by atoms with Crippen molar-refractivity contribution in [2.75, 3.05) is 13.7 Å². The first kappa shape index (κ1) is 20.2. The molecule has 0 radical (unpaired) electrons. The van der Waals surface area contributed by atoms with E-state index in [0.29, 0.717) is 12.3 Å². The van der Waals surface area contributed by atoms with E-state index in [1.807, 2.05) is 35.0 Å². The Morgan fingerprint density at radius 1 is 1.00 bits per heavy atom. The predicted octanol–water partition coefficient (Wildman–Crippen LogP) is 3.58. The Bertz CT molecular complexity index is 1210. The van der Waals surface area contributed by atoms with Gasteiger partial charge >= 0.3 is 0 Å². The highest BCUT2D eigenvalue weighted by Crippen LogP contribution is 2.36. The first-order valence-corrected chi connectivity index (χ1v) is 10.7. The highest BCUT2D eigenvalue weighted by atomic mass is 16.5. The van der Waals surface area contributed by atoms with Gasteiger partial charge in [-0.15, -0.1) is 5.10 Å². The van der Waals surface area contributed by atoms with Crippen LogP contribution in [-0.4, -0.2) is 43.9 Å². The average Bonchev–Trinajstić information content (AvgIpc) is 3.28. The molecule has 0 aliphatic carbocycles. The Morgan fingerprint density at radius 3 is 2.59 bits per heavy atom. The van der Waals surface area contributed by atoms with Gasteiger partial charge in [-0.25, -0.2) is 4.68 Å². The zero-order valence-electron chi connectivity index (χ0n) is 17.9. The summed E-state index contributed by atoms with van der Waals surface area (Å²) in [6.45, 7) is 2.25. The van der Waals surface area contributed by atoms with Crippen molar-refractivity contribution in [3.05, 3.63) is 101 Å². The summed E-state index contributed by atoms with van der Waals surface area (Å²) >= 11 is 0. The summed E-state index contributed by atoms with van der Waals surface area (Å²) in [6.07, 6.45) is 0.960. The van der Waals surface area contributed by atoms with Crippen molar-refractivity contribution >= 4 is 0 Å². The third-order valence-corrected chi connectivity index (χ3v) is 6.02. The van der Waals surface area contributed by atoms with Gasteiger partial charge in [0.2, 0.25) is 0 Å². The highest BCUT2D eigenvalue weighted by Gasteiger charge is 2.31. The third-order valence-electron chi connectivity index (χ3n) is 6.02. The summed E-state index contributed by atoms with van der Waals surface area (Å²) in [5.41, 5.74) is 4.81. The molecule has 0 spiro atoms. The minimum absolute atomic E-state index is 0.114. The summed E-state index contributed by atoms with van der Waals surface area (Å²) < 4.78 is 7.26. The molecule has 3 aromatic carbocycles. The minimum atomic E-state index is -0.184. The van der Waals surface area contributed by atoms with Crippen LogP contribution in [0.15, 0.2) is 72.8 Å². The van der Waals surface area contributed by atoms with Crippen molar-refractivity contribution in [3.8, 4) is 11.5 Å². The van der Waals surface area contributed by atoms with Crippen LogP contribution in [0.5, 0.6) is 11.5 Å². The van der Waals surface area contributed by atoms with Gasteiger partial charge in [-0.1, -0.05) is 60.7 Å². The molecule has 0 saturated heterocycles. The molecule has 1 aliphatic heterocycles. The molecule has 162 valence electrons. The molecule has 5 rings (SSSR count). The van der Waals surface area contributed by atoms with Gasteiger partial charge in [-0.3, -0.25) is 4.90 Å². The number of rotatable bonds is 6. The van der Waals surface area contributed by atoms with E-state index in [-0.39, 0.29) is 11.8 Å². The zero-order chi connectivity index (χ0) is 21.9. The second-order valence-electron chi connectivity index (χ2n) is 8.00. The van der Waals surface area contributed by atoms with Crippen LogP contribution in [0.2, 0.25) is 0 Å². The molecule has 7 nitrogen and oxygen atoms in total. The molecule has 0 bridgehead atoms. The number of aromatic nitrogens is 4. The maximum Gasteiger partial charge on any atom is 0.173 e. The van der Waals surface area contributed by atoms with Crippen molar-refractivity contribution in [3.63, 3.8) is 0 Å². The lowest BCUT2D eigenvalue weighted by Gasteiger charge is -2.35. The maximum absolute atomic E-state index is 10.2. The molecule has 0 amide bonds. The number of phenols is 1. The molecule has 7 heteroatoms. The molecule has 4 aromatic rings. The molecular weight excluding hydrogens is 402 g/mol. The number of hydrogen-bond acceptors (Lipinski definition) is 6. The van der Waals surface area contributed by atoms with Gasteiger partial charge in [0.15, 0.2) is 17.3 Å². The van der Waals surface area contributed by atoms with Crippen molar-refractivity contribution < 1.29 is 9.84 Å². The monoisotopic (exact) mass is 427 g/mol. The molecule has 0 saturated carbocycles. The van der Waals surface area contributed by atoms with E-state index in [2.05, 4.69) is 56.8 Å². The molecule has 32 heavy (non-hydrogen) atoms. The van der Waals surface area contributed by atoms with Crippen LogP contribution >= 0.6 is 0 Å². The van der Waals surface area contributed by atoms with Crippen LogP contribution in [0.4, 0.5) is 0 Å². The fourth-order valence-corrected chi connectivity index (χ4v) is 4.40. The minimum Gasteiger partial charge on any atom is -0.504 e. The predicted molar refractivity (Wildman–Crippen MR) is 120 cm³/mol. The summed E-state index contributed by atoms with van der Waals surface area (Å²) in [7, 11) is 1.56. The van der Waals surface area contributed by atoms with Gasteiger partial charge in [0.1, 0.15) is 0 Å². The number of methoxy groups -OCH3 is 1. The van der Waals surface area contributed by atoms with Gasteiger partial charge < -0.3 is 9.84 Å². The number of hydrogen-bond donors (Lipinski definition) is 1. The fourth-order valence-electron chi connectivity index (χ4n) is 4.40. The van der Waals surface area contributed by atoms with Gasteiger partial charge in [0, 0.05) is 13.1 Å². The van der Waals surface area contributed by atoms with Crippen LogP contribution in [0.3, 0.4) is 0 Å². The van der Waals surface area contributed by atoms with Gasteiger partial charge in [0.05, 0.1) is 19.7 Å². The first-order valence-electron chi connectivity index (χ1n) is 10.7. The van der Waals surface area contributed by atoms with E-state index in [9.17, 15) is 5.11 Å². The van der Waals surface area contributed by atoms with Crippen LogP contribution in [0.1, 0.15) is 34.1 Å². The van der Waals surface area contributed by atoms with Crippen molar-refractivity contribution in [1.82, 2.24) is 25.1 Å². The number of tetrazole rings is 1. The first-order chi connectivity index (χ1) is 15.7. The number of aromatic hydroxyl groups is 1. The number of ether oxygens (including phenoxy) is 1. The standard InChI is InChI=1S/C25H25N5O2/c1-32-23-15-20(11-12-22(23)31)24(29-14-13-19-9-5-6-10-21(19)17-29)25-26-27-28-30(25)16-18-7-3-2-4-8-18/h2-12,15,24,31H,13-14,16-17H2,1H3. The topological polar surface area (TPSA) is 76.3 Å². The molecular formula is C25H25N5O2. The van der Waals surface area contributed by atoms with Crippen LogP contribution in [0.25, 0.3) is 0 Å². The highest BCUT2D eigenvalue weighted by molar-refractivity contribution is 5.44. The maximum atomic E-state index is 10.2. The van der Waals surface area contributed by atoms with E-state index in [1.54, 1.807) is 13.2 Å². The van der Waals surface area contributed by atoms with E-state index >= 15 is 0 Å². The normalized spacial score (nSPS) is 14.7. The smallest absolute Gasteiger partial charge is 0.173 e. The van der Waals surface area contributed by atoms with E-state index in [4.69, 9.17) is 4.74 Å². The lowest BCUT2D eigenvalue weighted by atomic mass is 9.95. The quantitative estimate of drug-likeness (QED) is 0.507. The number of nitrogens with zero attached hydrogens (tertiary/aromatic N) is 5. The van der Waals surface area contributed by atoms with Crippen molar-refractivity contribution in [2.45, 2.75) is 25.6 Å². The number of phenolic OH excluding ortho intramolecular Hbond substituents is 1. The van der Waals surface area contributed by atoms with Crippen LogP contribution < -0.4 is 4.74 Å². The SMILES string of the molecule is COc1cc(C(c2nnnn2Cc2ccccc2)N2CCc3ccccc3C2)ccc1O. The lowest BCUT2D eigenvalue weighted by Crippen LogP contribution is -2.36. The average molecular weight is 428 g/mol. The van der Waals surface area contributed by atoms with Crippen LogP contribution in [0, 0.1) is 0 Å². The van der Waals surface area contributed by atoms with E-state index in [0.717, 1.165) is 36.5 Å². The number of fused-ring (bicyclic) bond motifs is 1. The lowest BCUT2D eigenvalue weighted by molar-refractivity contribution is 0.194. The second-order valence-corrected chi connectivity index (χ2v) is 8.00. The van der Waals surface area contributed by atoms with Crippen molar-refractivity contribution in [2.24, 2.45) is 0 Å². The largest absolute Gasteiger partial charge is 0.504 e. The summed E-state index contributed by atoms with van der Waals surface area (Å²) in [6, 6.07) is 24.0. The molecule has 0 fully saturated rings. The second kappa shape index (κ2) is 8.80. The molecule has 1 atom stereocenters. The third kappa shape index (κ3) is 3.94. The molecule has 1 aromatic heterocycles. The molecule has 2 heterocycles. The molecule has 1 unspecified atom stereocenters. The Balaban J connectivity index is 1.56. The summed E-state index contributed by atoms with van der Waals surface area (Å²) in [5.74, 6) is 1.32. The van der Waals surface area contributed by atoms with E-state index in [1.165, 1.54) is 11.1 Å². The number of benzene rings is 3. The van der Waals surface area contributed by atoms with E-state index < -0.39 is 0 Å².